The Morgan fingerprint density at radius 2 is 1.77 bits per heavy atom. The Labute approximate surface area is 170 Å². The molecule has 1 unspecified atom stereocenters. The third kappa shape index (κ3) is 4.21. The van der Waals surface area contributed by atoms with Crippen LogP contribution in [0.4, 0.5) is 13.2 Å². The largest absolute Gasteiger partial charge is 0.416 e. The van der Waals surface area contributed by atoms with Crippen molar-refractivity contribution >= 4 is 30.9 Å². The average Bonchev–Trinajstić information content (AvgIpc) is 3.09. The molecule has 164 valence electrons. The molecule has 0 saturated carbocycles. The standard InChI is InChI=1S/C16H18F3N5O4S2/c1-9-14(13(30(21,27)28)8-29(20,25)26)15(23(2)22-9)24-6-5-10-3-4-11(7-12(10)24)16(17,18)19/h3-7,13H,8H2,1-2H3,(H2,20,25,26)(H2,21,27,28). The van der Waals surface area contributed by atoms with E-state index >= 15 is 0 Å². The number of alkyl halides is 3. The van der Waals surface area contributed by atoms with Crippen molar-refractivity contribution in [2.24, 2.45) is 17.3 Å². The maximum absolute atomic E-state index is 13.2. The SMILES string of the molecule is Cc1nn(C)c(-n2ccc3ccc(C(F)(F)F)cc32)c1C(CS(N)(=O)=O)S(N)(=O)=O. The van der Waals surface area contributed by atoms with Crippen LogP contribution in [0.2, 0.25) is 0 Å². The summed E-state index contributed by atoms with van der Waals surface area (Å²) in [4.78, 5) is 0. The number of sulfonamides is 2. The van der Waals surface area contributed by atoms with Crippen LogP contribution in [0.3, 0.4) is 0 Å². The predicted molar refractivity (Wildman–Crippen MR) is 104 cm³/mol. The van der Waals surface area contributed by atoms with Crippen LogP contribution in [-0.4, -0.2) is 36.9 Å². The maximum Gasteiger partial charge on any atom is 0.416 e. The number of benzene rings is 1. The molecule has 30 heavy (non-hydrogen) atoms. The van der Waals surface area contributed by atoms with Gasteiger partial charge >= 0.3 is 6.18 Å². The molecule has 0 aliphatic heterocycles. The van der Waals surface area contributed by atoms with E-state index in [0.29, 0.717) is 5.39 Å². The molecule has 9 nitrogen and oxygen atoms in total. The highest BCUT2D eigenvalue weighted by molar-refractivity contribution is 7.93. The van der Waals surface area contributed by atoms with Crippen molar-refractivity contribution in [1.82, 2.24) is 14.3 Å². The molecule has 0 bridgehead atoms. The van der Waals surface area contributed by atoms with Crippen LogP contribution in [0.5, 0.6) is 0 Å². The summed E-state index contributed by atoms with van der Waals surface area (Å²) >= 11 is 0. The van der Waals surface area contributed by atoms with Crippen molar-refractivity contribution in [3.05, 3.63) is 47.3 Å². The number of hydrogen-bond donors (Lipinski definition) is 2. The summed E-state index contributed by atoms with van der Waals surface area (Å²) in [5, 5.41) is 13.1. The van der Waals surface area contributed by atoms with Crippen molar-refractivity contribution in [1.29, 1.82) is 0 Å². The van der Waals surface area contributed by atoms with E-state index < -0.39 is 42.8 Å². The lowest BCUT2D eigenvalue weighted by atomic mass is 10.1. The van der Waals surface area contributed by atoms with E-state index in [-0.39, 0.29) is 22.6 Å². The first-order valence-electron chi connectivity index (χ1n) is 8.34. The second-order valence-corrected chi connectivity index (χ2v) is 10.2. The highest BCUT2D eigenvalue weighted by Crippen LogP contribution is 2.35. The second kappa shape index (κ2) is 7.08. The lowest BCUT2D eigenvalue weighted by Crippen LogP contribution is -2.32. The first-order chi connectivity index (χ1) is 13.6. The number of nitrogens with zero attached hydrogens (tertiary/aromatic N) is 3. The summed E-state index contributed by atoms with van der Waals surface area (Å²) in [7, 11) is -7.29. The van der Waals surface area contributed by atoms with E-state index in [1.807, 2.05) is 0 Å². The van der Waals surface area contributed by atoms with Gasteiger partial charge in [-0.15, -0.1) is 0 Å². The van der Waals surface area contributed by atoms with E-state index in [2.05, 4.69) is 5.10 Å². The van der Waals surface area contributed by atoms with E-state index in [1.165, 1.54) is 41.5 Å². The Bertz CT molecular complexity index is 1340. The molecule has 0 amide bonds. The topological polar surface area (TPSA) is 143 Å². The van der Waals surface area contributed by atoms with Gasteiger partial charge in [0.1, 0.15) is 11.1 Å². The highest BCUT2D eigenvalue weighted by Gasteiger charge is 2.35. The Balaban J connectivity index is 2.34. The van der Waals surface area contributed by atoms with Gasteiger partial charge in [0.25, 0.3) is 0 Å². The van der Waals surface area contributed by atoms with Crippen LogP contribution in [-0.2, 0) is 33.3 Å². The van der Waals surface area contributed by atoms with Gasteiger partial charge in [-0.3, -0.25) is 4.68 Å². The predicted octanol–water partition coefficient (Wildman–Crippen LogP) is 1.31. The molecule has 2 aromatic heterocycles. The lowest BCUT2D eigenvalue weighted by Gasteiger charge is -2.17. The molecule has 4 N–H and O–H groups in total. The minimum absolute atomic E-state index is 0.0597. The molecular formula is C16H18F3N5O4S2. The smallest absolute Gasteiger partial charge is 0.301 e. The number of halogens is 3. The Morgan fingerprint density at radius 1 is 1.13 bits per heavy atom. The normalized spacial score (nSPS) is 14.4. The monoisotopic (exact) mass is 465 g/mol. The molecule has 0 aliphatic carbocycles. The fourth-order valence-corrected chi connectivity index (χ4v) is 5.89. The molecule has 0 aliphatic rings. The van der Waals surface area contributed by atoms with Gasteiger partial charge in [-0.1, -0.05) is 6.07 Å². The number of hydrogen-bond acceptors (Lipinski definition) is 5. The van der Waals surface area contributed by atoms with Gasteiger partial charge in [0.15, 0.2) is 0 Å². The van der Waals surface area contributed by atoms with Crippen LogP contribution in [0.1, 0.15) is 22.1 Å². The number of primary sulfonamides is 2. The molecule has 14 heteroatoms. The summed E-state index contributed by atoms with van der Waals surface area (Å²) in [5.74, 6) is -0.956. The molecule has 0 fully saturated rings. The number of aromatic nitrogens is 3. The van der Waals surface area contributed by atoms with Gasteiger partial charge in [0.2, 0.25) is 20.0 Å². The average molecular weight is 465 g/mol. The quantitative estimate of drug-likeness (QED) is 0.584. The third-order valence-corrected chi connectivity index (χ3v) is 6.79. The fraction of sp³-hybridized carbons (Fsp3) is 0.312. The summed E-state index contributed by atoms with van der Waals surface area (Å²) in [5.41, 5.74) is -0.700. The van der Waals surface area contributed by atoms with Gasteiger partial charge in [-0.05, 0) is 25.1 Å². The summed E-state index contributed by atoms with van der Waals surface area (Å²) in [6.45, 7) is 1.44. The van der Waals surface area contributed by atoms with Crippen molar-refractivity contribution < 1.29 is 30.0 Å². The zero-order valence-electron chi connectivity index (χ0n) is 15.8. The van der Waals surface area contributed by atoms with Crippen LogP contribution >= 0.6 is 0 Å². The molecule has 3 aromatic rings. The zero-order chi connectivity index (χ0) is 22.6. The second-order valence-electron chi connectivity index (χ2n) is 6.81. The molecular weight excluding hydrogens is 447 g/mol. The van der Waals surface area contributed by atoms with E-state index in [0.717, 1.165) is 12.1 Å². The van der Waals surface area contributed by atoms with Crippen molar-refractivity contribution in [2.75, 3.05) is 5.75 Å². The van der Waals surface area contributed by atoms with E-state index in [4.69, 9.17) is 10.3 Å². The third-order valence-electron chi connectivity index (χ3n) is 4.59. The number of fused-ring (bicyclic) bond motifs is 1. The maximum atomic E-state index is 13.2. The van der Waals surface area contributed by atoms with Crippen molar-refractivity contribution in [3.8, 4) is 5.82 Å². The minimum atomic E-state index is -4.59. The molecule has 1 atom stereocenters. The summed E-state index contributed by atoms with van der Waals surface area (Å²) in [6.07, 6.45) is -3.16. The zero-order valence-corrected chi connectivity index (χ0v) is 17.4. The van der Waals surface area contributed by atoms with E-state index in [9.17, 15) is 30.0 Å². The molecule has 1 aromatic carbocycles. The van der Waals surface area contributed by atoms with Gasteiger partial charge in [-0.25, -0.2) is 27.1 Å². The van der Waals surface area contributed by atoms with Crippen LogP contribution in [0.15, 0.2) is 30.5 Å². The van der Waals surface area contributed by atoms with Gasteiger partial charge in [-0.2, -0.15) is 18.3 Å². The van der Waals surface area contributed by atoms with Crippen LogP contribution in [0, 0.1) is 6.92 Å². The first kappa shape index (κ1) is 22.3. The lowest BCUT2D eigenvalue weighted by molar-refractivity contribution is -0.137. The number of nitrogens with two attached hydrogens (primary N) is 2. The Kier molecular flexibility index (Phi) is 5.25. The molecule has 0 radical (unpaired) electrons. The Morgan fingerprint density at radius 3 is 2.30 bits per heavy atom. The van der Waals surface area contributed by atoms with Crippen molar-refractivity contribution in [2.45, 2.75) is 18.3 Å². The highest BCUT2D eigenvalue weighted by atomic mass is 32.2. The van der Waals surface area contributed by atoms with Gasteiger partial charge in [0, 0.05) is 24.2 Å². The first-order valence-corrected chi connectivity index (χ1v) is 11.7. The fourth-order valence-electron chi connectivity index (χ4n) is 3.37. The van der Waals surface area contributed by atoms with Crippen LogP contribution < -0.4 is 10.3 Å². The van der Waals surface area contributed by atoms with Crippen molar-refractivity contribution in [3.63, 3.8) is 0 Å². The molecule has 2 heterocycles. The summed E-state index contributed by atoms with van der Waals surface area (Å²) in [6, 6.07) is 4.65. The molecule has 3 rings (SSSR count). The Hall–Kier alpha value is -2.42. The molecule has 0 spiro atoms. The summed E-state index contributed by atoms with van der Waals surface area (Å²) < 4.78 is 89.8. The molecule has 0 saturated heterocycles. The van der Waals surface area contributed by atoms with E-state index in [1.54, 1.807) is 0 Å². The number of rotatable bonds is 5. The minimum Gasteiger partial charge on any atom is -0.301 e. The van der Waals surface area contributed by atoms with Crippen LogP contribution in [0.25, 0.3) is 16.7 Å². The van der Waals surface area contributed by atoms with Gasteiger partial charge in [0.05, 0.1) is 22.5 Å². The number of aryl methyl sites for hydroxylation is 2. The van der Waals surface area contributed by atoms with Gasteiger partial charge < -0.3 is 4.57 Å².